The molecule has 2 aliphatic rings. The fourth-order valence-corrected chi connectivity index (χ4v) is 4.21. The van der Waals surface area contributed by atoms with Gasteiger partial charge in [-0.05, 0) is 30.7 Å². The Labute approximate surface area is 153 Å². The van der Waals surface area contributed by atoms with Gasteiger partial charge in [0.2, 0.25) is 5.91 Å². The molecule has 2 saturated heterocycles. The van der Waals surface area contributed by atoms with Gasteiger partial charge in [0.1, 0.15) is 5.82 Å². The zero-order valence-electron chi connectivity index (χ0n) is 15.6. The summed E-state index contributed by atoms with van der Waals surface area (Å²) in [6.45, 7) is 5.76. The number of amides is 1. The summed E-state index contributed by atoms with van der Waals surface area (Å²) in [4.78, 5) is 27.1. The monoisotopic (exact) mass is 362 g/mol. The molecule has 1 N–H and O–H groups in total. The van der Waals surface area contributed by atoms with Crippen LogP contribution < -0.4 is 5.32 Å². The van der Waals surface area contributed by atoms with Crippen LogP contribution in [0.25, 0.3) is 0 Å². The number of carbonyl (C=O) groups is 2. The Bertz CT molecular complexity index is 691. The van der Waals surface area contributed by atoms with Gasteiger partial charge in [0.05, 0.1) is 19.1 Å². The Hall–Kier alpha value is -1.95. The number of nitrogens with one attached hydrogen (secondary N) is 1. The molecular weight excluding hydrogens is 335 g/mol. The maximum absolute atomic E-state index is 14.3. The van der Waals surface area contributed by atoms with Gasteiger partial charge in [-0.3, -0.25) is 14.9 Å². The van der Waals surface area contributed by atoms with Crippen LogP contribution in [0.5, 0.6) is 0 Å². The third kappa shape index (κ3) is 3.75. The second-order valence-corrected chi connectivity index (χ2v) is 8.11. The minimum atomic E-state index is -0.580. The third-order valence-corrected chi connectivity index (χ3v) is 5.53. The summed E-state index contributed by atoms with van der Waals surface area (Å²) in [5.41, 5.74) is 0.497. The lowest BCUT2D eigenvalue weighted by molar-refractivity contribution is -0.145. The Kier molecular flexibility index (Phi) is 5.32. The van der Waals surface area contributed by atoms with E-state index in [-0.39, 0.29) is 17.1 Å². The predicted octanol–water partition coefficient (Wildman–Crippen LogP) is 2.67. The second kappa shape index (κ2) is 7.35. The van der Waals surface area contributed by atoms with Crippen molar-refractivity contribution in [2.75, 3.05) is 20.2 Å². The van der Waals surface area contributed by atoms with Gasteiger partial charge in [-0.1, -0.05) is 32.0 Å². The van der Waals surface area contributed by atoms with E-state index in [0.29, 0.717) is 18.5 Å². The molecule has 0 bridgehead atoms. The van der Waals surface area contributed by atoms with E-state index >= 15 is 0 Å². The van der Waals surface area contributed by atoms with Crippen molar-refractivity contribution in [1.29, 1.82) is 0 Å². The summed E-state index contributed by atoms with van der Waals surface area (Å²) in [6, 6.07) is 5.30. The zero-order chi connectivity index (χ0) is 18.9. The van der Waals surface area contributed by atoms with Crippen molar-refractivity contribution in [2.45, 2.75) is 45.2 Å². The quantitative estimate of drug-likeness (QED) is 0.840. The van der Waals surface area contributed by atoms with Crippen LogP contribution in [-0.2, 0) is 14.3 Å². The van der Waals surface area contributed by atoms with Gasteiger partial charge in [0, 0.05) is 24.7 Å². The van der Waals surface area contributed by atoms with Crippen LogP contribution in [0, 0.1) is 17.2 Å². The molecule has 0 aromatic heterocycles. The number of halogens is 1. The van der Waals surface area contributed by atoms with Crippen LogP contribution in [0.4, 0.5) is 4.39 Å². The number of carbonyl (C=O) groups excluding carboxylic acids is 2. The van der Waals surface area contributed by atoms with Crippen LogP contribution in [0.15, 0.2) is 24.3 Å². The number of likely N-dealkylation sites (tertiary alicyclic amines) is 1. The largest absolute Gasteiger partial charge is 0.469 e. The molecule has 1 aromatic rings. The molecule has 5 nitrogen and oxygen atoms in total. The third-order valence-electron chi connectivity index (χ3n) is 5.53. The summed E-state index contributed by atoms with van der Waals surface area (Å²) in [6.07, 6.45) is 2.39. The molecule has 3 rings (SSSR count). The lowest BCUT2D eigenvalue weighted by Gasteiger charge is -2.39. The number of hydrogen-bond acceptors (Lipinski definition) is 4. The van der Waals surface area contributed by atoms with Crippen molar-refractivity contribution in [3.05, 3.63) is 35.6 Å². The zero-order valence-corrected chi connectivity index (χ0v) is 15.6. The van der Waals surface area contributed by atoms with Gasteiger partial charge in [-0.25, -0.2) is 4.39 Å². The molecule has 142 valence electrons. The molecule has 3 atom stereocenters. The number of ether oxygens (including phenoxy) is 1. The minimum absolute atomic E-state index is 0.00878. The van der Waals surface area contributed by atoms with E-state index in [0.717, 1.165) is 19.4 Å². The molecule has 0 spiro atoms. The molecule has 2 heterocycles. The van der Waals surface area contributed by atoms with Crippen LogP contribution in [0.3, 0.4) is 0 Å². The summed E-state index contributed by atoms with van der Waals surface area (Å²) < 4.78 is 19.2. The van der Waals surface area contributed by atoms with Crippen molar-refractivity contribution in [3.63, 3.8) is 0 Å². The number of rotatable bonds is 3. The van der Waals surface area contributed by atoms with Crippen LogP contribution in [0.2, 0.25) is 0 Å². The van der Waals surface area contributed by atoms with Crippen molar-refractivity contribution in [1.82, 2.24) is 10.2 Å². The van der Waals surface area contributed by atoms with E-state index in [4.69, 9.17) is 4.74 Å². The summed E-state index contributed by atoms with van der Waals surface area (Å²) in [7, 11) is 1.32. The summed E-state index contributed by atoms with van der Waals surface area (Å²) in [5, 5.41) is 3.21. The SMILES string of the molecule is COC(=O)C1CC(C(=O)N2CCCC(C)(C)C2)NC1c1ccccc1F. The Balaban J connectivity index is 1.81. The lowest BCUT2D eigenvalue weighted by Crippen LogP contribution is -2.50. The number of hydrogen-bond donors (Lipinski definition) is 1. The lowest BCUT2D eigenvalue weighted by atomic mass is 9.84. The first kappa shape index (κ1) is 18.8. The van der Waals surface area contributed by atoms with Crippen LogP contribution >= 0.6 is 0 Å². The van der Waals surface area contributed by atoms with Gasteiger partial charge < -0.3 is 9.64 Å². The summed E-state index contributed by atoms with van der Waals surface area (Å²) in [5.74, 6) is -1.39. The molecule has 26 heavy (non-hydrogen) atoms. The number of methoxy groups -OCH3 is 1. The predicted molar refractivity (Wildman–Crippen MR) is 95.8 cm³/mol. The van der Waals surface area contributed by atoms with Crippen LogP contribution in [-0.4, -0.2) is 43.0 Å². The van der Waals surface area contributed by atoms with Gasteiger partial charge in [0.15, 0.2) is 0 Å². The molecule has 2 aliphatic heterocycles. The number of esters is 1. The van der Waals surface area contributed by atoms with E-state index in [1.165, 1.54) is 13.2 Å². The Morgan fingerprint density at radius 3 is 2.69 bits per heavy atom. The van der Waals surface area contributed by atoms with Gasteiger partial charge in [0.25, 0.3) is 0 Å². The first-order chi connectivity index (χ1) is 12.3. The van der Waals surface area contributed by atoms with E-state index in [2.05, 4.69) is 19.2 Å². The number of benzene rings is 1. The van der Waals surface area contributed by atoms with E-state index in [1.54, 1.807) is 18.2 Å². The number of nitrogens with zero attached hydrogens (tertiary/aromatic N) is 1. The summed E-state index contributed by atoms with van der Waals surface area (Å²) >= 11 is 0. The average molecular weight is 362 g/mol. The van der Waals surface area contributed by atoms with E-state index in [9.17, 15) is 14.0 Å². The normalized spacial score (nSPS) is 28.0. The van der Waals surface area contributed by atoms with Gasteiger partial charge in [-0.2, -0.15) is 0 Å². The second-order valence-electron chi connectivity index (χ2n) is 8.11. The fourth-order valence-electron chi connectivity index (χ4n) is 4.21. The standard InChI is InChI=1S/C20H27FN2O3/c1-20(2)9-6-10-23(12-20)18(24)16-11-14(19(25)26-3)17(22-16)13-7-4-5-8-15(13)21/h4-5,7-8,14,16-17,22H,6,9-12H2,1-3H3. The highest BCUT2D eigenvalue weighted by Gasteiger charge is 2.45. The first-order valence-corrected chi connectivity index (χ1v) is 9.19. The van der Waals surface area contributed by atoms with Crippen molar-refractivity contribution in [3.8, 4) is 0 Å². The van der Waals surface area contributed by atoms with Crippen LogP contribution in [0.1, 0.15) is 44.7 Å². The number of piperidine rings is 1. The maximum Gasteiger partial charge on any atom is 0.310 e. The molecule has 3 unspecified atom stereocenters. The molecule has 1 aromatic carbocycles. The topological polar surface area (TPSA) is 58.6 Å². The molecular formula is C20H27FN2O3. The van der Waals surface area contributed by atoms with Crippen molar-refractivity contribution >= 4 is 11.9 Å². The first-order valence-electron chi connectivity index (χ1n) is 9.19. The Morgan fingerprint density at radius 1 is 1.31 bits per heavy atom. The molecule has 6 heteroatoms. The highest BCUT2D eigenvalue weighted by molar-refractivity contribution is 5.84. The van der Waals surface area contributed by atoms with Crippen molar-refractivity contribution < 1.29 is 18.7 Å². The molecule has 2 fully saturated rings. The Morgan fingerprint density at radius 2 is 2.04 bits per heavy atom. The molecule has 0 aliphatic carbocycles. The molecule has 1 amide bonds. The van der Waals surface area contributed by atoms with Gasteiger partial charge in [-0.15, -0.1) is 0 Å². The smallest absolute Gasteiger partial charge is 0.310 e. The van der Waals surface area contributed by atoms with Crippen molar-refractivity contribution in [2.24, 2.45) is 11.3 Å². The van der Waals surface area contributed by atoms with E-state index < -0.39 is 24.0 Å². The maximum atomic E-state index is 14.3. The average Bonchev–Trinajstić information content (AvgIpc) is 3.05. The van der Waals surface area contributed by atoms with E-state index in [1.807, 2.05) is 4.90 Å². The molecule has 0 saturated carbocycles. The van der Waals surface area contributed by atoms with Gasteiger partial charge >= 0.3 is 5.97 Å². The highest BCUT2D eigenvalue weighted by Crippen LogP contribution is 2.36. The minimum Gasteiger partial charge on any atom is -0.469 e. The fraction of sp³-hybridized carbons (Fsp3) is 0.600. The molecule has 0 radical (unpaired) electrons. The highest BCUT2D eigenvalue weighted by atomic mass is 19.1.